The Balaban J connectivity index is 1.54. The van der Waals surface area contributed by atoms with Crippen molar-refractivity contribution < 1.29 is 31.4 Å². The molecule has 0 saturated carbocycles. The predicted molar refractivity (Wildman–Crippen MR) is 109 cm³/mol. The molecule has 4 rings (SSSR count). The zero-order valence-electron chi connectivity index (χ0n) is 16.7. The molecule has 1 aliphatic rings. The van der Waals surface area contributed by atoms with Crippen LogP contribution in [0.3, 0.4) is 0 Å². The highest BCUT2D eigenvalue weighted by molar-refractivity contribution is 7.80. The summed E-state index contributed by atoms with van der Waals surface area (Å²) in [6.45, 7) is 2.63. The first-order chi connectivity index (χ1) is 15.2. The van der Waals surface area contributed by atoms with Gasteiger partial charge in [-0.2, -0.15) is 5.10 Å². The highest BCUT2D eigenvalue weighted by Crippen LogP contribution is 2.34. The molecule has 12 heteroatoms. The summed E-state index contributed by atoms with van der Waals surface area (Å²) in [4.78, 5) is 0. The summed E-state index contributed by atoms with van der Waals surface area (Å²) in [5.41, 5.74) is 0.838. The van der Waals surface area contributed by atoms with E-state index in [2.05, 4.69) is 15.7 Å². The summed E-state index contributed by atoms with van der Waals surface area (Å²) in [5.74, 6) is -8.86. The zero-order chi connectivity index (χ0) is 23.2. The fraction of sp³-hybridized carbons (Fsp3) is 0.200. The van der Waals surface area contributed by atoms with Crippen LogP contribution in [0, 0.1) is 42.9 Å². The predicted octanol–water partition coefficient (Wildman–Crippen LogP) is 4.78. The van der Waals surface area contributed by atoms with E-state index in [1.807, 2.05) is 0 Å². The van der Waals surface area contributed by atoms with Crippen LogP contribution in [-0.4, -0.2) is 21.7 Å². The van der Waals surface area contributed by atoms with Gasteiger partial charge in [0.1, 0.15) is 0 Å². The van der Waals surface area contributed by atoms with Crippen LogP contribution in [0.2, 0.25) is 0 Å². The second-order valence-corrected chi connectivity index (χ2v) is 7.31. The first kappa shape index (κ1) is 21.8. The van der Waals surface area contributed by atoms with E-state index in [0.717, 1.165) is 4.68 Å². The lowest BCUT2D eigenvalue weighted by atomic mass is 10.1. The molecule has 0 bridgehead atoms. The summed E-state index contributed by atoms with van der Waals surface area (Å²) >= 11 is 5.30. The number of aromatic nitrogens is 2. The highest BCUT2D eigenvalue weighted by Gasteiger charge is 2.27. The van der Waals surface area contributed by atoms with Gasteiger partial charge in [-0.1, -0.05) is 0 Å². The molecule has 0 amide bonds. The van der Waals surface area contributed by atoms with Gasteiger partial charge in [0.05, 0.1) is 29.2 Å². The number of benzene rings is 2. The van der Waals surface area contributed by atoms with Crippen molar-refractivity contribution in [3.05, 3.63) is 64.2 Å². The van der Waals surface area contributed by atoms with E-state index >= 15 is 0 Å². The summed E-state index contributed by atoms with van der Waals surface area (Å²) in [6, 6.07) is 5.14. The Bertz CT molecular complexity index is 1220. The standard InChI is InChI=1S/C20H15F5N4O2S/c1-8-19(27-20(32)26-10-3-4-12-13(5-10)31-7-30-12)9(2)29(28-8)6-11-14(21)16(23)18(25)17(24)15(11)22/h3-5H,6-7H2,1-2H3,(H2,26,27,32). The summed E-state index contributed by atoms with van der Waals surface area (Å²) in [6.07, 6.45) is 0. The number of thiocarbonyl (C=S) groups is 1. The van der Waals surface area contributed by atoms with Crippen LogP contribution in [-0.2, 0) is 6.54 Å². The molecule has 0 aliphatic carbocycles. The van der Waals surface area contributed by atoms with Crippen molar-refractivity contribution in [2.45, 2.75) is 20.4 Å². The number of halogens is 5. The molecule has 2 N–H and O–H groups in total. The molecule has 0 spiro atoms. The van der Waals surface area contributed by atoms with Crippen LogP contribution in [0.5, 0.6) is 11.5 Å². The molecular weight excluding hydrogens is 455 g/mol. The van der Waals surface area contributed by atoms with E-state index < -0.39 is 41.2 Å². The van der Waals surface area contributed by atoms with E-state index in [1.54, 1.807) is 32.0 Å². The number of hydrogen-bond donors (Lipinski definition) is 2. The first-order valence-corrected chi connectivity index (χ1v) is 9.60. The van der Waals surface area contributed by atoms with Crippen molar-refractivity contribution in [3.8, 4) is 11.5 Å². The molecule has 0 saturated heterocycles. The van der Waals surface area contributed by atoms with Crippen molar-refractivity contribution in [2.75, 3.05) is 17.4 Å². The van der Waals surface area contributed by atoms with E-state index in [4.69, 9.17) is 21.7 Å². The molecular formula is C20H15F5N4O2S. The Morgan fingerprint density at radius 2 is 1.59 bits per heavy atom. The van der Waals surface area contributed by atoms with Crippen molar-refractivity contribution in [2.24, 2.45) is 0 Å². The molecule has 168 valence electrons. The van der Waals surface area contributed by atoms with Crippen LogP contribution in [0.1, 0.15) is 17.0 Å². The molecule has 6 nitrogen and oxygen atoms in total. The fourth-order valence-electron chi connectivity index (χ4n) is 3.22. The van der Waals surface area contributed by atoms with Crippen molar-refractivity contribution in [1.82, 2.24) is 9.78 Å². The summed E-state index contributed by atoms with van der Waals surface area (Å²) in [7, 11) is 0. The SMILES string of the molecule is Cc1nn(Cc2c(F)c(F)c(F)c(F)c2F)c(C)c1NC(=S)Nc1ccc2c(c1)OCO2. The Morgan fingerprint density at radius 1 is 0.969 bits per heavy atom. The van der Waals surface area contributed by atoms with Crippen molar-refractivity contribution in [3.63, 3.8) is 0 Å². The van der Waals surface area contributed by atoms with Crippen LogP contribution >= 0.6 is 12.2 Å². The maximum atomic E-state index is 14.0. The van der Waals surface area contributed by atoms with Gasteiger partial charge < -0.3 is 20.1 Å². The van der Waals surface area contributed by atoms with Gasteiger partial charge in [-0.15, -0.1) is 0 Å². The Kier molecular flexibility index (Phi) is 5.63. The molecule has 0 unspecified atom stereocenters. The number of nitrogens with zero attached hydrogens (tertiary/aromatic N) is 2. The zero-order valence-corrected chi connectivity index (χ0v) is 17.5. The normalized spacial score (nSPS) is 12.2. The highest BCUT2D eigenvalue weighted by atomic mass is 32.1. The number of hydrogen-bond acceptors (Lipinski definition) is 4. The van der Waals surface area contributed by atoms with Gasteiger partial charge in [-0.3, -0.25) is 4.68 Å². The van der Waals surface area contributed by atoms with Gasteiger partial charge in [-0.05, 0) is 38.2 Å². The number of ether oxygens (including phenoxy) is 2. The monoisotopic (exact) mass is 470 g/mol. The minimum atomic E-state index is -2.21. The number of anilines is 2. The van der Waals surface area contributed by atoms with Gasteiger partial charge in [0.25, 0.3) is 0 Å². The Labute approximate surface area is 183 Å². The maximum Gasteiger partial charge on any atom is 0.231 e. The van der Waals surface area contributed by atoms with Crippen molar-refractivity contribution >= 4 is 28.7 Å². The smallest absolute Gasteiger partial charge is 0.231 e. The molecule has 3 aromatic rings. The largest absolute Gasteiger partial charge is 0.454 e. The van der Waals surface area contributed by atoms with Crippen LogP contribution < -0.4 is 20.1 Å². The Morgan fingerprint density at radius 3 is 2.28 bits per heavy atom. The molecule has 0 atom stereocenters. The third-order valence-electron chi connectivity index (χ3n) is 4.86. The number of fused-ring (bicyclic) bond motifs is 1. The summed E-state index contributed by atoms with van der Waals surface area (Å²) < 4.78 is 80.1. The van der Waals surface area contributed by atoms with Crippen LogP contribution in [0.25, 0.3) is 0 Å². The maximum absolute atomic E-state index is 14.0. The third-order valence-corrected chi connectivity index (χ3v) is 5.06. The average molecular weight is 470 g/mol. The molecule has 2 aromatic carbocycles. The van der Waals surface area contributed by atoms with Gasteiger partial charge in [0.15, 0.2) is 39.9 Å². The van der Waals surface area contributed by atoms with E-state index in [0.29, 0.717) is 34.3 Å². The lowest BCUT2D eigenvalue weighted by Gasteiger charge is -2.12. The van der Waals surface area contributed by atoms with Crippen LogP contribution in [0.4, 0.5) is 33.3 Å². The topological polar surface area (TPSA) is 60.3 Å². The van der Waals surface area contributed by atoms with Crippen LogP contribution in [0.15, 0.2) is 18.2 Å². The van der Waals surface area contributed by atoms with Gasteiger partial charge in [0.2, 0.25) is 12.6 Å². The second-order valence-electron chi connectivity index (χ2n) is 6.90. The number of nitrogens with one attached hydrogen (secondary N) is 2. The molecule has 0 radical (unpaired) electrons. The minimum Gasteiger partial charge on any atom is -0.454 e. The minimum absolute atomic E-state index is 0.127. The first-order valence-electron chi connectivity index (χ1n) is 9.19. The lowest BCUT2D eigenvalue weighted by molar-refractivity contribution is 0.174. The quantitative estimate of drug-likeness (QED) is 0.248. The molecule has 32 heavy (non-hydrogen) atoms. The fourth-order valence-corrected chi connectivity index (χ4v) is 3.44. The Hall–Kier alpha value is -3.41. The average Bonchev–Trinajstić information content (AvgIpc) is 3.33. The molecule has 1 aliphatic heterocycles. The second kappa shape index (κ2) is 8.26. The van der Waals surface area contributed by atoms with E-state index in [9.17, 15) is 22.0 Å². The van der Waals surface area contributed by atoms with Gasteiger partial charge >= 0.3 is 0 Å². The number of aryl methyl sites for hydroxylation is 1. The number of rotatable bonds is 4. The third kappa shape index (κ3) is 3.81. The lowest BCUT2D eigenvalue weighted by Crippen LogP contribution is -2.20. The molecule has 1 aromatic heterocycles. The molecule has 0 fully saturated rings. The van der Waals surface area contributed by atoms with Gasteiger partial charge in [0, 0.05) is 11.8 Å². The summed E-state index contributed by atoms with van der Waals surface area (Å²) in [5, 5.41) is 10.2. The van der Waals surface area contributed by atoms with E-state index in [1.165, 1.54) is 0 Å². The van der Waals surface area contributed by atoms with Gasteiger partial charge in [-0.25, -0.2) is 22.0 Å². The van der Waals surface area contributed by atoms with E-state index in [-0.39, 0.29) is 11.9 Å². The molecule has 2 heterocycles. The van der Waals surface area contributed by atoms with Crippen molar-refractivity contribution in [1.29, 1.82) is 0 Å².